The Morgan fingerprint density at radius 3 is 2.41 bits per heavy atom. The van der Waals surface area contributed by atoms with Crippen molar-refractivity contribution in [2.75, 3.05) is 0 Å². The van der Waals surface area contributed by atoms with E-state index in [0.29, 0.717) is 23.6 Å². The van der Waals surface area contributed by atoms with Crippen molar-refractivity contribution < 1.29 is 14.3 Å². The van der Waals surface area contributed by atoms with E-state index in [1.165, 1.54) is 0 Å². The number of fused-ring (bicyclic) bond motifs is 3. The van der Waals surface area contributed by atoms with Gasteiger partial charge in [0, 0.05) is 41.4 Å². The van der Waals surface area contributed by atoms with Crippen LogP contribution in [-0.4, -0.2) is 45.6 Å². The largest absolute Gasteiger partial charge is 0.490 e. The summed E-state index contributed by atoms with van der Waals surface area (Å²) in [6.45, 7) is 0. The number of rotatable bonds is 8. The lowest BCUT2D eigenvalue weighted by Crippen LogP contribution is -2.45. The zero-order valence-corrected chi connectivity index (χ0v) is 21.8. The zero-order chi connectivity index (χ0) is 26.3. The lowest BCUT2D eigenvalue weighted by Gasteiger charge is -2.36. The first-order valence-electron chi connectivity index (χ1n) is 14.0. The van der Waals surface area contributed by atoms with E-state index in [9.17, 15) is 9.59 Å². The van der Waals surface area contributed by atoms with Crippen LogP contribution in [-0.2, 0) is 4.79 Å². The number of carbonyl (C=O) groups is 2. The number of ether oxygens (including phenoxy) is 1. The number of H-pyrrole nitrogens is 1. The minimum Gasteiger partial charge on any atom is -0.490 e. The van der Waals surface area contributed by atoms with Crippen LogP contribution in [0.1, 0.15) is 60.5 Å². The zero-order valence-electron chi connectivity index (χ0n) is 21.8. The smallest absolute Gasteiger partial charge is 0.251 e. The molecule has 0 spiro atoms. The van der Waals surface area contributed by atoms with Gasteiger partial charge in [0.2, 0.25) is 6.41 Å². The maximum absolute atomic E-state index is 13.3. The summed E-state index contributed by atoms with van der Waals surface area (Å²) in [6.07, 6.45) is 7.34. The van der Waals surface area contributed by atoms with Gasteiger partial charge in [0.15, 0.2) is 0 Å². The second-order valence-electron chi connectivity index (χ2n) is 11.2. The van der Waals surface area contributed by atoms with Crippen molar-refractivity contribution in [1.82, 2.24) is 20.4 Å². The van der Waals surface area contributed by atoms with Crippen molar-refractivity contribution in [2.45, 2.75) is 62.8 Å². The summed E-state index contributed by atoms with van der Waals surface area (Å²) in [7, 11) is 0. The molecule has 0 unspecified atom stereocenters. The van der Waals surface area contributed by atoms with Gasteiger partial charge < -0.3 is 15.0 Å². The SMILES string of the molecule is O=CN1[C@@H]2CC[C@H]1C[C@@H](Oc1ccc(-c3n[nH]c4ccc(C(=O)N[C@H](c5ccccc5)C5CC5)cc34)cc1)C2. The molecule has 1 aliphatic carbocycles. The van der Waals surface area contributed by atoms with Crippen LogP contribution in [0.4, 0.5) is 0 Å². The highest BCUT2D eigenvalue weighted by Gasteiger charge is 2.41. The molecule has 4 atom stereocenters. The number of carbonyl (C=O) groups excluding carboxylic acids is 2. The van der Waals surface area contributed by atoms with Gasteiger partial charge in [-0.3, -0.25) is 14.7 Å². The van der Waals surface area contributed by atoms with Crippen molar-refractivity contribution >= 4 is 23.2 Å². The third-order valence-electron chi connectivity index (χ3n) is 8.66. The van der Waals surface area contributed by atoms with Crippen LogP contribution >= 0.6 is 0 Å². The van der Waals surface area contributed by atoms with E-state index in [4.69, 9.17) is 4.74 Å². The molecule has 1 aromatic heterocycles. The summed E-state index contributed by atoms with van der Waals surface area (Å²) in [5.74, 6) is 1.26. The van der Waals surface area contributed by atoms with E-state index in [2.05, 4.69) is 27.6 Å². The summed E-state index contributed by atoms with van der Waals surface area (Å²) < 4.78 is 6.31. The van der Waals surface area contributed by atoms with Crippen LogP contribution in [0.25, 0.3) is 22.2 Å². The number of amides is 2. The van der Waals surface area contributed by atoms with E-state index in [1.54, 1.807) is 0 Å². The number of hydrogen-bond acceptors (Lipinski definition) is 4. The first-order valence-corrected chi connectivity index (χ1v) is 14.0. The van der Waals surface area contributed by atoms with E-state index in [-0.39, 0.29) is 18.1 Å². The molecule has 4 aromatic rings. The molecule has 39 heavy (non-hydrogen) atoms. The van der Waals surface area contributed by atoms with Gasteiger partial charge in [0.25, 0.3) is 5.91 Å². The highest BCUT2D eigenvalue weighted by Crippen LogP contribution is 2.41. The topological polar surface area (TPSA) is 87.3 Å². The summed E-state index contributed by atoms with van der Waals surface area (Å²) in [5.41, 5.74) is 4.44. The van der Waals surface area contributed by atoms with Crippen LogP contribution in [0.2, 0.25) is 0 Å². The van der Waals surface area contributed by atoms with Gasteiger partial charge in [-0.25, -0.2) is 0 Å². The molecule has 0 radical (unpaired) electrons. The Labute approximate surface area is 227 Å². The predicted octanol–water partition coefficient (Wildman–Crippen LogP) is 5.64. The Morgan fingerprint density at radius 1 is 0.974 bits per heavy atom. The molecule has 2 amide bonds. The molecule has 1 saturated carbocycles. The lowest BCUT2D eigenvalue weighted by atomic mass is 10.0. The van der Waals surface area contributed by atoms with Gasteiger partial charge >= 0.3 is 0 Å². The first kappa shape index (κ1) is 23.9. The Bertz CT molecular complexity index is 1480. The number of nitrogens with one attached hydrogen (secondary N) is 2. The van der Waals surface area contributed by atoms with Crippen LogP contribution in [0.3, 0.4) is 0 Å². The minimum atomic E-state index is -0.0665. The second-order valence-corrected chi connectivity index (χ2v) is 11.2. The third kappa shape index (κ3) is 4.67. The van der Waals surface area contributed by atoms with E-state index < -0.39 is 0 Å². The monoisotopic (exact) mass is 520 g/mol. The summed E-state index contributed by atoms with van der Waals surface area (Å²) in [4.78, 5) is 26.7. The maximum atomic E-state index is 13.3. The summed E-state index contributed by atoms with van der Waals surface area (Å²) in [5, 5.41) is 11.9. The Morgan fingerprint density at radius 2 is 1.72 bits per heavy atom. The number of hydrogen-bond donors (Lipinski definition) is 2. The van der Waals surface area contributed by atoms with Gasteiger partial charge in [-0.1, -0.05) is 30.3 Å². The summed E-state index contributed by atoms with van der Waals surface area (Å²) >= 11 is 0. The van der Waals surface area contributed by atoms with Gasteiger partial charge in [0.05, 0.1) is 17.3 Å². The van der Waals surface area contributed by atoms with Gasteiger partial charge in [0.1, 0.15) is 11.9 Å². The maximum Gasteiger partial charge on any atom is 0.251 e. The highest BCUT2D eigenvalue weighted by atomic mass is 16.5. The molecule has 198 valence electrons. The van der Waals surface area contributed by atoms with Gasteiger partial charge in [-0.15, -0.1) is 0 Å². The minimum absolute atomic E-state index is 0.0339. The molecule has 7 heteroatoms. The van der Waals surface area contributed by atoms with E-state index >= 15 is 0 Å². The lowest BCUT2D eigenvalue weighted by molar-refractivity contribution is -0.123. The Hall–Kier alpha value is -4.13. The van der Waals surface area contributed by atoms with Crippen LogP contribution in [0, 0.1) is 5.92 Å². The fraction of sp³-hybridized carbons (Fsp3) is 0.344. The quantitative estimate of drug-likeness (QED) is 0.294. The number of aromatic nitrogens is 2. The number of benzene rings is 3. The van der Waals surface area contributed by atoms with Gasteiger partial charge in [-0.2, -0.15) is 5.10 Å². The number of nitrogens with zero attached hydrogens (tertiary/aromatic N) is 2. The van der Waals surface area contributed by atoms with Gasteiger partial charge in [-0.05, 0) is 79.6 Å². The third-order valence-corrected chi connectivity index (χ3v) is 8.66. The molecule has 3 fully saturated rings. The molecule has 7 rings (SSSR count). The average molecular weight is 521 g/mol. The van der Waals surface area contributed by atoms with Crippen molar-refractivity contribution in [1.29, 1.82) is 0 Å². The normalized spacial score (nSPS) is 23.0. The molecule has 3 aliphatic rings. The molecule has 2 N–H and O–H groups in total. The van der Waals surface area contributed by atoms with Crippen LogP contribution in [0.5, 0.6) is 5.75 Å². The standard InChI is InChI=1S/C32H32N4O3/c37-19-36-24-11-12-25(36)18-27(17-24)39-26-13-8-22(9-14-26)31-28-16-23(10-15-29(28)34-35-31)32(38)33-30(21-6-7-21)20-4-2-1-3-5-20/h1-5,8-10,13-16,19,21,24-25,27,30H,6-7,11-12,17-18H2,(H,33,38)(H,34,35)/t24-,25+,27+,30-/m1/s1. The number of aromatic amines is 1. The van der Waals surface area contributed by atoms with Crippen molar-refractivity contribution in [3.05, 3.63) is 83.9 Å². The molecular formula is C32H32N4O3. The summed E-state index contributed by atoms with van der Waals surface area (Å²) in [6, 6.07) is 24.6. The van der Waals surface area contributed by atoms with E-state index in [1.807, 2.05) is 65.6 Å². The molecule has 2 saturated heterocycles. The average Bonchev–Trinajstić information content (AvgIpc) is 3.67. The Kier molecular flexibility index (Phi) is 6.06. The number of piperidine rings is 1. The van der Waals surface area contributed by atoms with Crippen molar-refractivity contribution in [3.8, 4) is 17.0 Å². The molecule has 2 bridgehead atoms. The fourth-order valence-electron chi connectivity index (χ4n) is 6.48. The molecular weight excluding hydrogens is 488 g/mol. The predicted molar refractivity (Wildman–Crippen MR) is 149 cm³/mol. The fourth-order valence-corrected chi connectivity index (χ4v) is 6.48. The van der Waals surface area contributed by atoms with Crippen molar-refractivity contribution in [2.24, 2.45) is 5.92 Å². The Balaban J connectivity index is 1.08. The van der Waals surface area contributed by atoms with Crippen molar-refractivity contribution in [3.63, 3.8) is 0 Å². The molecule has 7 nitrogen and oxygen atoms in total. The second kappa shape index (κ2) is 9.88. The first-order chi connectivity index (χ1) is 19.2. The highest BCUT2D eigenvalue weighted by molar-refractivity contribution is 6.01. The molecule has 2 aliphatic heterocycles. The molecule has 3 aromatic carbocycles. The molecule has 3 heterocycles. The van der Waals surface area contributed by atoms with E-state index in [0.717, 1.165) is 78.4 Å². The van der Waals surface area contributed by atoms with Crippen LogP contribution < -0.4 is 10.1 Å². The van der Waals surface area contributed by atoms with Crippen LogP contribution in [0.15, 0.2) is 72.8 Å².